The number of benzene rings is 4. The van der Waals surface area contributed by atoms with Gasteiger partial charge in [0.1, 0.15) is 48.3 Å². The van der Waals surface area contributed by atoms with Crippen molar-refractivity contribution < 1.29 is 77.7 Å². The van der Waals surface area contributed by atoms with Crippen molar-refractivity contribution in [1.29, 1.82) is 0 Å². The third-order valence-electron chi connectivity index (χ3n) is 8.01. The Balaban J connectivity index is 1.59. The van der Waals surface area contributed by atoms with Crippen LogP contribution in [0, 0.1) is 0 Å². The van der Waals surface area contributed by atoms with Crippen LogP contribution in [0.4, 0.5) is 11.4 Å². The molecule has 0 spiro atoms. The standard InChI is InChI=1S/C40H38N8O16/c41-39(42)45-23-5-1-19(2-6-23)37(59)63-27-13-21(33(53)47-29(35(55)56)17-31(49)50)11-25(15-27)61-9-10-62-26-12-22(34(54)48-30(36(57)58)18-32(51)52)14-28(16-26)64-38(60)20-3-7-24(8-4-20)46-40(43)44/h1-8,11-16,29-30H,9-10,17-18H2,(H,47,53)(H,48,54)(H,49,50)(H,51,52)(H,55,56)(H,57,58)(H4,41,42,45)(H4,43,44,46). The number of nitrogens with one attached hydrogen (secondary N) is 2. The first-order valence-electron chi connectivity index (χ1n) is 18.2. The van der Waals surface area contributed by atoms with E-state index in [0.717, 1.165) is 24.3 Å². The van der Waals surface area contributed by atoms with Crippen molar-refractivity contribution in [3.63, 3.8) is 0 Å². The van der Waals surface area contributed by atoms with Crippen molar-refractivity contribution in [3.05, 3.63) is 107 Å². The third kappa shape index (κ3) is 14.8. The normalized spacial score (nSPS) is 11.3. The van der Waals surface area contributed by atoms with Gasteiger partial charge in [0, 0.05) is 23.3 Å². The number of hydrogen-bond donors (Lipinski definition) is 10. The highest BCUT2D eigenvalue weighted by molar-refractivity contribution is 6.00. The third-order valence-corrected chi connectivity index (χ3v) is 8.01. The Morgan fingerprint density at radius 3 is 1.11 bits per heavy atom. The van der Waals surface area contributed by atoms with Gasteiger partial charge in [0.2, 0.25) is 0 Å². The Bertz CT molecular complexity index is 2330. The molecule has 14 N–H and O–H groups in total. The van der Waals surface area contributed by atoms with Crippen molar-refractivity contribution in [2.45, 2.75) is 24.9 Å². The van der Waals surface area contributed by atoms with Crippen molar-refractivity contribution in [2.75, 3.05) is 13.2 Å². The molecule has 0 fully saturated rings. The lowest BCUT2D eigenvalue weighted by molar-refractivity contribution is -0.145. The van der Waals surface area contributed by atoms with Crippen LogP contribution in [-0.4, -0.2) is 105 Å². The highest BCUT2D eigenvalue weighted by Crippen LogP contribution is 2.27. The molecule has 0 bridgehead atoms. The molecular weight excluding hydrogens is 848 g/mol. The quantitative estimate of drug-likeness (QED) is 0.0181. The number of carbonyl (C=O) groups is 8. The predicted octanol–water partition coefficient (Wildman–Crippen LogP) is 0.708. The minimum atomic E-state index is -1.84. The lowest BCUT2D eigenvalue weighted by Gasteiger charge is -2.16. The topological polar surface area (TPSA) is 407 Å². The number of guanidine groups is 2. The van der Waals surface area contributed by atoms with E-state index < -0.39 is 72.6 Å². The summed E-state index contributed by atoms with van der Waals surface area (Å²) in [6, 6.07) is 14.1. The minimum Gasteiger partial charge on any atom is -0.490 e. The smallest absolute Gasteiger partial charge is 0.343 e. The number of carbonyl (C=O) groups excluding carboxylic acids is 4. The van der Waals surface area contributed by atoms with Gasteiger partial charge in [-0.25, -0.2) is 29.2 Å². The zero-order valence-electron chi connectivity index (χ0n) is 33.0. The Kier molecular flexibility index (Phi) is 16.2. The molecule has 24 nitrogen and oxygen atoms in total. The molecule has 2 unspecified atom stereocenters. The Hall–Kier alpha value is -9.22. The average Bonchev–Trinajstić information content (AvgIpc) is 3.21. The molecule has 0 aliphatic carbocycles. The monoisotopic (exact) mass is 886 g/mol. The van der Waals surface area contributed by atoms with Crippen LogP contribution in [0.5, 0.6) is 23.0 Å². The minimum absolute atomic E-state index is 0.0229. The van der Waals surface area contributed by atoms with Crippen LogP contribution in [0.15, 0.2) is 94.9 Å². The SMILES string of the molecule is NC(N)=Nc1ccc(C(=O)Oc2cc(OCCOc3cc(OC(=O)c4ccc(N=C(N)N)cc4)cc(C(=O)NC(CC(=O)O)C(=O)O)c3)cc(C(=O)NC(CC(=O)O)C(=O)O)c2)cc1. The van der Waals surface area contributed by atoms with E-state index in [1.165, 1.54) is 60.7 Å². The maximum atomic E-state index is 13.2. The summed E-state index contributed by atoms with van der Waals surface area (Å²) in [7, 11) is 0. The van der Waals surface area contributed by atoms with E-state index in [1.807, 2.05) is 0 Å². The Morgan fingerprint density at radius 1 is 0.484 bits per heavy atom. The van der Waals surface area contributed by atoms with Gasteiger partial charge in [0.25, 0.3) is 11.8 Å². The fraction of sp³-hybridized carbons (Fsp3) is 0.150. The zero-order valence-corrected chi connectivity index (χ0v) is 33.0. The van der Waals surface area contributed by atoms with Crippen molar-refractivity contribution >= 4 is 70.9 Å². The van der Waals surface area contributed by atoms with Gasteiger partial charge in [0.15, 0.2) is 11.9 Å². The summed E-state index contributed by atoms with van der Waals surface area (Å²) >= 11 is 0. The summed E-state index contributed by atoms with van der Waals surface area (Å²) in [6.07, 6.45) is -1.93. The van der Waals surface area contributed by atoms with Crippen LogP contribution in [-0.2, 0) is 19.2 Å². The number of aliphatic imine (C=N–C) groups is 2. The summed E-state index contributed by atoms with van der Waals surface area (Å²) in [5, 5.41) is 41.3. The largest absolute Gasteiger partial charge is 0.490 e. The first-order chi connectivity index (χ1) is 30.3. The van der Waals surface area contributed by atoms with Gasteiger partial charge in [0.05, 0.1) is 35.3 Å². The van der Waals surface area contributed by atoms with Crippen LogP contribution in [0.25, 0.3) is 0 Å². The van der Waals surface area contributed by atoms with Gasteiger partial charge in [-0.1, -0.05) is 0 Å². The first kappa shape index (κ1) is 47.5. The second-order valence-electron chi connectivity index (χ2n) is 13.0. The van der Waals surface area contributed by atoms with Crippen LogP contribution in [0.2, 0.25) is 0 Å². The average molecular weight is 887 g/mol. The van der Waals surface area contributed by atoms with Crippen LogP contribution < -0.4 is 52.5 Å². The van der Waals surface area contributed by atoms with Crippen molar-refractivity contribution in [3.8, 4) is 23.0 Å². The number of aliphatic carboxylic acids is 4. The summed E-state index contributed by atoms with van der Waals surface area (Å²) in [4.78, 5) is 106. The van der Waals surface area contributed by atoms with Crippen LogP contribution >= 0.6 is 0 Å². The second-order valence-corrected chi connectivity index (χ2v) is 13.0. The molecule has 0 aliphatic heterocycles. The number of esters is 2. The maximum Gasteiger partial charge on any atom is 0.343 e. The van der Waals surface area contributed by atoms with E-state index >= 15 is 0 Å². The zero-order chi connectivity index (χ0) is 47.1. The van der Waals surface area contributed by atoms with Gasteiger partial charge in [-0.15, -0.1) is 0 Å². The second kappa shape index (κ2) is 21.9. The molecule has 2 atom stereocenters. The summed E-state index contributed by atoms with van der Waals surface area (Å²) in [5.74, 6) is -11.6. The van der Waals surface area contributed by atoms with E-state index in [0.29, 0.717) is 11.4 Å². The van der Waals surface area contributed by atoms with Crippen molar-refractivity contribution in [2.24, 2.45) is 32.9 Å². The predicted molar refractivity (Wildman–Crippen MR) is 220 cm³/mol. The molecule has 24 heteroatoms. The van der Waals surface area contributed by atoms with Gasteiger partial charge >= 0.3 is 35.8 Å². The van der Waals surface area contributed by atoms with Gasteiger partial charge < -0.3 is 72.9 Å². The number of ether oxygens (including phenoxy) is 4. The molecule has 2 amide bonds. The van der Waals surface area contributed by atoms with E-state index in [4.69, 9.17) is 52.1 Å². The highest BCUT2D eigenvalue weighted by Gasteiger charge is 2.26. The van der Waals surface area contributed by atoms with E-state index in [1.54, 1.807) is 0 Å². The maximum absolute atomic E-state index is 13.2. The lowest BCUT2D eigenvalue weighted by Crippen LogP contribution is -2.42. The molecule has 0 saturated heterocycles. The first-order valence-corrected chi connectivity index (χ1v) is 18.2. The number of rotatable bonds is 21. The molecule has 0 aromatic heterocycles. The van der Waals surface area contributed by atoms with Gasteiger partial charge in [-0.05, 0) is 72.8 Å². The Morgan fingerprint density at radius 2 is 0.812 bits per heavy atom. The summed E-state index contributed by atoms with van der Waals surface area (Å²) in [5.41, 5.74) is 21.6. The highest BCUT2D eigenvalue weighted by atomic mass is 16.5. The van der Waals surface area contributed by atoms with E-state index in [9.17, 15) is 48.6 Å². The number of nitrogens with two attached hydrogens (primary N) is 4. The van der Waals surface area contributed by atoms with Gasteiger partial charge in [-0.2, -0.15) is 0 Å². The summed E-state index contributed by atoms with van der Waals surface area (Å²) in [6.45, 7) is -0.705. The van der Waals surface area contributed by atoms with Crippen molar-refractivity contribution in [1.82, 2.24) is 10.6 Å². The molecule has 64 heavy (non-hydrogen) atoms. The molecule has 334 valence electrons. The number of hydrogen-bond acceptors (Lipinski definition) is 14. The Labute approximate surface area is 360 Å². The van der Waals surface area contributed by atoms with Gasteiger partial charge in [-0.3, -0.25) is 19.2 Å². The molecule has 0 radical (unpaired) electrons. The fourth-order valence-electron chi connectivity index (χ4n) is 5.22. The molecule has 0 aliphatic rings. The summed E-state index contributed by atoms with van der Waals surface area (Å²) < 4.78 is 22.4. The molecule has 0 saturated carbocycles. The number of carboxylic acids is 4. The molecule has 4 rings (SSSR count). The number of carboxylic acid groups (broad SMARTS) is 4. The number of nitrogens with zero attached hydrogens (tertiary/aromatic N) is 2. The lowest BCUT2D eigenvalue weighted by atomic mass is 10.1. The molecule has 4 aromatic rings. The molecular formula is C40H38N8O16. The number of amides is 2. The molecule has 0 heterocycles. The molecule has 4 aromatic carbocycles. The van der Waals surface area contributed by atoms with Crippen LogP contribution in [0.3, 0.4) is 0 Å². The van der Waals surface area contributed by atoms with Crippen LogP contribution in [0.1, 0.15) is 54.3 Å². The van der Waals surface area contributed by atoms with E-state index in [-0.39, 0.29) is 70.4 Å². The fourth-order valence-corrected chi connectivity index (χ4v) is 5.22. The van der Waals surface area contributed by atoms with E-state index in [2.05, 4.69) is 20.6 Å².